The van der Waals surface area contributed by atoms with Crippen molar-refractivity contribution in [2.75, 3.05) is 16.8 Å². The van der Waals surface area contributed by atoms with E-state index in [4.69, 9.17) is 0 Å². The van der Waals surface area contributed by atoms with E-state index in [-0.39, 0.29) is 5.91 Å². The largest absolute Gasteiger partial charge is 0.374 e. The average molecular weight is 252 g/mol. The molecule has 0 unspecified atom stereocenters. The smallest absolute Gasteiger partial charge is 0.250 e. The molecule has 0 atom stereocenters. The summed E-state index contributed by atoms with van der Waals surface area (Å²) < 4.78 is 0. The van der Waals surface area contributed by atoms with E-state index in [1.54, 1.807) is 0 Å². The number of fused-ring (bicyclic) bond motifs is 1. The van der Waals surface area contributed by atoms with Gasteiger partial charge >= 0.3 is 0 Å². The highest BCUT2D eigenvalue weighted by Crippen LogP contribution is 2.36. The molecule has 0 aromatic heterocycles. The summed E-state index contributed by atoms with van der Waals surface area (Å²) in [5.41, 5.74) is 4.11. The van der Waals surface area contributed by atoms with Crippen molar-refractivity contribution in [3.8, 4) is 0 Å². The number of anilines is 3. The standard InChI is InChI=1S/C16H16N2O/c1-2-12-7-3-5-9-14(12)18-15-10-6-4-8-13(15)17-11-16(18)19/h3-10,17H,2,11H2,1H3. The highest BCUT2D eigenvalue weighted by Gasteiger charge is 2.25. The minimum atomic E-state index is 0.0830. The second-order valence-electron chi connectivity index (χ2n) is 4.58. The number of nitrogens with one attached hydrogen (secondary N) is 1. The lowest BCUT2D eigenvalue weighted by molar-refractivity contribution is -0.116. The maximum absolute atomic E-state index is 12.3. The van der Waals surface area contributed by atoms with Gasteiger partial charge in [0, 0.05) is 0 Å². The molecule has 1 N–H and O–H groups in total. The molecule has 0 spiro atoms. The summed E-state index contributed by atoms with van der Waals surface area (Å²) in [4.78, 5) is 14.1. The van der Waals surface area contributed by atoms with Crippen LogP contribution in [0.1, 0.15) is 12.5 Å². The third-order valence-electron chi connectivity index (χ3n) is 3.44. The van der Waals surface area contributed by atoms with Crippen LogP contribution in [0.15, 0.2) is 48.5 Å². The SMILES string of the molecule is CCc1ccccc1N1C(=O)CNc2ccccc21. The van der Waals surface area contributed by atoms with Crippen LogP contribution in [0.3, 0.4) is 0 Å². The molecule has 19 heavy (non-hydrogen) atoms. The number of nitrogens with zero attached hydrogens (tertiary/aromatic N) is 1. The number of amides is 1. The van der Waals surface area contributed by atoms with Gasteiger partial charge in [0.2, 0.25) is 0 Å². The van der Waals surface area contributed by atoms with E-state index in [0.29, 0.717) is 6.54 Å². The first kappa shape index (κ1) is 11.8. The molecule has 1 heterocycles. The molecule has 3 nitrogen and oxygen atoms in total. The van der Waals surface area contributed by atoms with Crippen LogP contribution in [0.4, 0.5) is 17.1 Å². The van der Waals surface area contributed by atoms with Crippen molar-refractivity contribution in [1.82, 2.24) is 0 Å². The van der Waals surface area contributed by atoms with Crippen molar-refractivity contribution < 1.29 is 4.79 Å². The predicted molar refractivity (Wildman–Crippen MR) is 77.9 cm³/mol. The average Bonchev–Trinajstić information content (AvgIpc) is 2.47. The van der Waals surface area contributed by atoms with E-state index in [9.17, 15) is 4.79 Å². The molecule has 0 bridgehead atoms. The molecule has 0 radical (unpaired) electrons. The number of hydrogen-bond acceptors (Lipinski definition) is 2. The fraction of sp³-hybridized carbons (Fsp3) is 0.188. The summed E-state index contributed by atoms with van der Waals surface area (Å²) in [6.07, 6.45) is 0.912. The molecule has 3 rings (SSSR count). The van der Waals surface area contributed by atoms with Crippen LogP contribution in [0.2, 0.25) is 0 Å². The van der Waals surface area contributed by atoms with Gasteiger partial charge in [-0.15, -0.1) is 0 Å². The molecule has 0 fully saturated rings. The zero-order valence-electron chi connectivity index (χ0n) is 10.9. The van der Waals surface area contributed by atoms with Crippen LogP contribution < -0.4 is 10.2 Å². The number of para-hydroxylation sites is 3. The van der Waals surface area contributed by atoms with Crippen LogP contribution in [0, 0.1) is 0 Å². The number of aryl methyl sites for hydroxylation is 1. The van der Waals surface area contributed by atoms with E-state index in [1.807, 2.05) is 47.4 Å². The second-order valence-corrected chi connectivity index (χ2v) is 4.58. The molecule has 2 aromatic carbocycles. The Morgan fingerprint density at radius 2 is 1.74 bits per heavy atom. The maximum Gasteiger partial charge on any atom is 0.250 e. The van der Waals surface area contributed by atoms with Crippen LogP contribution in [0.25, 0.3) is 0 Å². The predicted octanol–water partition coefficient (Wildman–Crippen LogP) is 3.34. The van der Waals surface area contributed by atoms with Crippen LogP contribution in [-0.2, 0) is 11.2 Å². The van der Waals surface area contributed by atoms with Crippen molar-refractivity contribution in [3.05, 3.63) is 54.1 Å². The fourth-order valence-corrected chi connectivity index (χ4v) is 2.49. The van der Waals surface area contributed by atoms with E-state index in [1.165, 1.54) is 5.56 Å². The van der Waals surface area contributed by atoms with Gasteiger partial charge in [-0.2, -0.15) is 0 Å². The van der Waals surface area contributed by atoms with Crippen LogP contribution >= 0.6 is 0 Å². The minimum Gasteiger partial charge on any atom is -0.374 e. The molecule has 0 aliphatic carbocycles. The van der Waals surface area contributed by atoms with Crippen molar-refractivity contribution in [2.45, 2.75) is 13.3 Å². The van der Waals surface area contributed by atoms with Gasteiger partial charge in [-0.05, 0) is 30.2 Å². The van der Waals surface area contributed by atoms with Crippen molar-refractivity contribution in [3.63, 3.8) is 0 Å². The van der Waals surface area contributed by atoms with Gasteiger partial charge in [-0.3, -0.25) is 9.69 Å². The Hall–Kier alpha value is -2.29. The molecular weight excluding hydrogens is 236 g/mol. The molecule has 3 heteroatoms. The van der Waals surface area contributed by atoms with Gasteiger partial charge in [0.15, 0.2) is 0 Å². The number of carbonyl (C=O) groups excluding carboxylic acids is 1. The number of carbonyl (C=O) groups is 1. The Morgan fingerprint density at radius 1 is 1.05 bits per heavy atom. The highest BCUT2D eigenvalue weighted by molar-refractivity contribution is 6.08. The zero-order valence-corrected chi connectivity index (χ0v) is 10.9. The minimum absolute atomic E-state index is 0.0830. The molecule has 1 aliphatic rings. The third-order valence-corrected chi connectivity index (χ3v) is 3.44. The third kappa shape index (κ3) is 1.97. The lowest BCUT2D eigenvalue weighted by atomic mass is 10.1. The highest BCUT2D eigenvalue weighted by atomic mass is 16.2. The number of rotatable bonds is 2. The topological polar surface area (TPSA) is 32.3 Å². The molecule has 0 saturated heterocycles. The molecular formula is C16H16N2O. The number of hydrogen-bond donors (Lipinski definition) is 1. The lowest BCUT2D eigenvalue weighted by Crippen LogP contribution is -2.36. The van der Waals surface area contributed by atoms with E-state index < -0.39 is 0 Å². The first-order valence-corrected chi connectivity index (χ1v) is 6.55. The van der Waals surface area contributed by atoms with Gasteiger partial charge in [0.25, 0.3) is 5.91 Å². The Labute approximate surface area is 112 Å². The monoisotopic (exact) mass is 252 g/mol. The fourth-order valence-electron chi connectivity index (χ4n) is 2.49. The molecule has 1 amide bonds. The summed E-state index contributed by atoms with van der Waals surface area (Å²) in [5, 5.41) is 3.16. The number of benzene rings is 2. The second kappa shape index (κ2) is 4.76. The van der Waals surface area contributed by atoms with Crippen molar-refractivity contribution in [1.29, 1.82) is 0 Å². The van der Waals surface area contributed by atoms with Gasteiger partial charge in [-0.25, -0.2) is 0 Å². The summed E-state index contributed by atoms with van der Waals surface area (Å²) in [5.74, 6) is 0.0830. The summed E-state index contributed by atoms with van der Waals surface area (Å²) in [6, 6.07) is 16.0. The van der Waals surface area contributed by atoms with Gasteiger partial charge < -0.3 is 5.32 Å². The maximum atomic E-state index is 12.3. The van der Waals surface area contributed by atoms with Gasteiger partial charge in [0.1, 0.15) is 0 Å². The van der Waals surface area contributed by atoms with Gasteiger partial charge in [-0.1, -0.05) is 37.3 Å². The first-order valence-electron chi connectivity index (χ1n) is 6.55. The lowest BCUT2D eigenvalue weighted by Gasteiger charge is -2.31. The van der Waals surface area contributed by atoms with Crippen molar-refractivity contribution >= 4 is 23.0 Å². The Morgan fingerprint density at radius 3 is 2.53 bits per heavy atom. The normalized spacial score (nSPS) is 13.9. The van der Waals surface area contributed by atoms with Crippen molar-refractivity contribution in [2.24, 2.45) is 0 Å². The summed E-state index contributed by atoms with van der Waals surface area (Å²) >= 11 is 0. The Balaban J connectivity index is 2.16. The zero-order chi connectivity index (χ0) is 13.2. The Bertz CT molecular complexity index is 622. The van der Waals surface area contributed by atoms with Crippen LogP contribution in [0.5, 0.6) is 0 Å². The van der Waals surface area contributed by atoms with E-state index >= 15 is 0 Å². The first-order chi connectivity index (χ1) is 9.31. The van der Waals surface area contributed by atoms with E-state index in [0.717, 1.165) is 23.5 Å². The van der Waals surface area contributed by atoms with Gasteiger partial charge in [0.05, 0.1) is 23.6 Å². The quantitative estimate of drug-likeness (QED) is 0.889. The molecule has 2 aromatic rings. The summed E-state index contributed by atoms with van der Waals surface area (Å²) in [7, 11) is 0. The van der Waals surface area contributed by atoms with E-state index in [2.05, 4.69) is 18.3 Å². The summed E-state index contributed by atoms with van der Waals surface area (Å²) in [6.45, 7) is 2.45. The molecule has 1 aliphatic heterocycles. The Kier molecular flexibility index (Phi) is 2.95. The van der Waals surface area contributed by atoms with Crippen LogP contribution in [-0.4, -0.2) is 12.5 Å². The molecule has 96 valence electrons. The molecule has 0 saturated carbocycles.